The van der Waals surface area contributed by atoms with Crippen LogP contribution in [0, 0.1) is 0 Å². The summed E-state index contributed by atoms with van der Waals surface area (Å²) in [5, 5.41) is 4.21. The Bertz CT molecular complexity index is 2890. The van der Waals surface area contributed by atoms with Crippen LogP contribution in [-0.4, -0.2) is 15.0 Å². The van der Waals surface area contributed by atoms with Crippen molar-refractivity contribution in [3.8, 4) is 56.4 Å². The summed E-state index contributed by atoms with van der Waals surface area (Å²) >= 11 is 0. The van der Waals surface area contributed by atoms with E-state index < -0.39 is 0 Å². The lowest BCUT2D eigenvalue weighted by atomic mass is 9.95. The van der Waals surface area contributed by atoms with Crippen molar-refractivity contribution in [1.82, 2.24) is 15.0 Å². The summed E-state index contributed by atoms with van der Waals surface area (Å²) < 4.78 is 12.4. The quantitative estimate of drug-likeness (QED) is 0.187. The van der Waals surface area contributed by atoms with Gasteiger partial charge in [0.05, 0.1) is 0 Å². The maximum Gasteiger partial charge on any atom is 0.164 e. The Kier molecular flexibility index (Phi) is 6.42. The highest BCUT2D eigenvalue weighted by Gasteiger charge is 2.18. The summed E-state index contributed by atoms with van der Waals surface area (Å²) in [6.45, 7) is 0. The number of fused-ring (bicyclic) bond motifs is 6. The van der Waals surface area contributed by atoms with Gasteiger partial charge in [-0.25, -0.2) is 15.0 Å². The van der Waals surface area contributed by atoms with E-state index in [0.29, 0.717) is 17.5 Å². The standard InChI is InChI=1S/C45H27N3O2/c1-2-11-28(12-3-1)29-13-10-14-30(25-29)33-15-4-5-18-37(33)45-47-43(31-22-24-41-38(26-31)35-17-7-9-20-40(35)49-41)46-44(48-45)32-21-23-36-34-16-6-8-19-39(34)50-42(36)27-32/h1-27H. The van der Waals surface area contributed by atoms with E-state index in [9.17, 15) is 0 Å². The van der Waals surface area contributed by atoms with E-state index in [-0.39, 0.29) is 0 Å². The van der Waals surface area contributed by atoms with Crippen LogP contribution >= 0.6 is 0 Å². The summed E-state index contributed by atoms with van der Waals surface area (Å²) in [6, 6.07) is 55.9. The molecule has 0 N–H and O–H groups in total. The van der Waals surface area contributed by atoms with Crippen LogP contribution in [-0.2, 0) is 0 Å². The van der Waals surface area contributed by atoms with Crippen molar-refractivity contribution in [1.29, 1.82) is 0 Å². The molecule has 0 atom stereocenters. The average Bonchev–Trinajstić information content (AvgIpc) is 3.76. The molecule has 0 amide bonds. The Morgan fingerprint density at radius 2 is 0.820 bits per heavy atom. The van der Waals surface area contributed by atoms with Crippen molar-refractivity contribution in [3.05, 3.63) is 164 Å². The van der Waals surface area contributed by atoms with Gasteiger partial charge in [0.25, 0.3) is 0 Å². The van der Waals surface area contributed by atoms with Gasteiger partial charge in [0.15, 0.2) is 17.5 Å². The third-order valence-corrected chi connectivity index (χ3v) is 9.36. The van der Waals surface area contributed by atoms with Crippen LogP contribution in [0.5, 0.6) is 0 Å². The molecule has 10 aromatic rings. The molecule has 0 radical (unpaired) electrons. The smallest absolute Gasteiger partial charge is 0.164 e. The highest BCUT2D eigenvalue weighted by atomic mass is 16.3. The molecule has 10 rings (SSSR count). The molecule has 0 saturated heterocycles. The molecule has 0 unspecified atom stereocenters. The zero-order valence-electron chi connectivity index (χ0n) is 26.7. The minimum Gasteiger partial charge on any atom is -0.456 e. The van der Waals surface area contributed by atoms with Gasteiger partial charge in [-0.05, 0) is 70.8 Å². The number of benzene rings is 7. The Balaban J connectivity index is 1.17. The van der Waals surface area contributed by atoms with E-state index in [1.807, 2.05) is 66.7 Å². The second-order valence-corrected chi connectivity index (χ2v) is 12.4. The first-order chi connectivity index (χ1) is 24.7. The Hall–Kier alpha value is -6.85. The maximum atomic E-state index is 6.27. The van der Waals surface area contributed by atoms with Crippen LogP contribution in [0.2, 0.25) is 0 Å². The molecule has 3 heterocycles. The lowest BCUT2D eigenvalue weighted by molar-refractivity contribution is 0.668. The predicted molar refractivity (Wildman–Crippen MR) is 202 cm³/mol. The molecular weight excluding hydrogens is 615 g/mol. The number of para-hydroxylation sites is 2. The summed E-state index contributed by atoms with van der Waals surface area (Å²) in [5.74, 6) is 1.74. The van der Waals surface area contributed by atoms with Gasteiger partial charge in [0, 0.05) is 38.2 Å². The van der Waals surface area contributed by atoms with Gasteiger partial charge in [0.1, 0.15) is 22.3 Å². The fourth-order valence-corrected chi connectivity index (χ4v) is 6.91. The minimum absolute atomic E-state index is 0.567. The Morgan fingerprint density at radius 3 is 1.62 bits per heavy atom. The number of hydrogen-bond donors (Lipinski definition) is 0. The van der Waals surface area contributed by atoms with Gasteiger partial charge >= 0.3 is 0 Å². The van der Waals surface area contributed by atoms with E-state index in [0.717, 1.165) is 77.3 Å². The van der Waals surface area contributed by atoms with E-state index in [1.54, 1.807) is 0 Å². The van der Waals surface area contributed by atoms with Crippen molar-refractivity contribution >= 4 is 43.9 Å². The topological polar surface area (TPSA) is 65.0 Å². The fraction of sp³-hybridized carbons (Fsp3) is 0. The first-order valence-corrected chi connectivity index (χ1v) is 16.6. The zero-order valence-corrected chi connectivity index (χ0v) is 26.7. The molecule has 5 nitrogen and oxygen atoms in total. The van der Waals surface area contributed by atoms with Crippen molar-refractivity contribution in [2.45, 2.75) is 0 Å². The summed E-state index contributed by atoms with van der Waals surface area (Å²) in [7, 11) is 0. The molecule has 0 aliphatic carbocycles. The normalized spacial score (nSPS) is 11.6. The third-order valence-electron chi connectivity index (χ3n) is 9.36. The largest absolute Gasteiger partial charge is 0.456 e. The summed E-state index contributed by atoms with van der Waals surface area (Å²) in [6.07, 6.45) is 0. The SMILES string of the molecule is c1ccc(-c2cccc(-c3ccccc3-c3nc(-c4ccc5c(c4)oc4ccccc45)nc(-c4ccc5oc6ccccc6c5c4)n3)c2)cc1. The van der Waals surface area contributed by atoms with Crippen LogP contribution in [0.25, 0.3) is 100 Å². The molecule has 0 bridgehead atoms. The lowest BCUT2D eigenvalue weighted by Crippen LogP contribution is -2.01. The highest BCUT2D eigenvalue weighted by Crippen LogP contribution is 2.37. The molecule has 0 saturated carbocycles. The van der Waals surface area contributed by atoms with Crippen LogP contribution in [0.3, 0.4) is 0 Å². The monoisotopic (exact) mass is 641 g/mol. The number of aromatic nitrogens is 3. The minimum atomic E-state index is 0.567. The van der Waals surface area contributed by atoms with Crippen molar-refractivity contribution in [2.75, 3.05) is 0 Å². The van der Waals surface area contributed by atoms with Gasteiger partial charge in [-0.15, -0.1) is 0 Å². The Morgan fingerprint density at radius 1 is 0.280 bits per heavy atom. The molecule has 0 aliphatic rings. The molecule has 0 fully saturated rings. The molecule has 3 aromatic heterocycles. The van der Waals surface area contributed by atoms with Crippen LogP contribution < -0.4 is 0 Å². The van der Waals surface area contributed by atoms with Crippen LogP contribution in [0.4, 0.5) is 0 Å². The molecule has 50 heavy (non-hydrogen) atoms. The zero-order chi connectivity index (χ0) is 33.0. The molecule has 0 spiro atoms. The number of rotatable bonds is 5. The van der Waals surface area contributed by atoms with Crippen molar-refractivity contribution in [2.24, 2.45) is 0 Å². The first-order valence-electron chi connectivity index (χ1n) is 16.6. The number of furan rings is 2. The van der Waals surface area contributed by atoms with Crippen molar-refractivity contribution in [3.63, 3.8) is 0 Å². The van der Waals surface area contributed by atoms with Crippen LogP contribution in [0.15, 0.2) is 173 Å². The second kappa shape index (κ2) is 11.4. The first kappa shape index (κ1) is 28.2. The predicted octanol–water partition coefficient (Wildman–Crippen LogP) is 12.0. The van der Waals surface area contributed by atoms with Gasteiger partial charge < -0.3 is 8.83 Å². The fourth-order valence-electron chi connectivity index (χ4n) is 6.91. The molecule has 234 valence electrons. The summed E-state index contributed by atoms with van der Waals surface area (Å²) in [4.78, 5) is 15.4. The maximum absolute atomic E-state index is 6.27. The van der Waals surface area contributed by atoms with Gasteiger partial charge in [0.2, 0.25) is 0 Å². The molecular formula is C45H27N3O2. The number of nitrogens with zero attached hydrogens (tertiary/aromatic N) is 3. The summed E-state index contributed by atoms with van der Waals surface area (Å²) in [5.41, 5.74) is 10.4. The van der Waals surface area contributed by atoms with Gasteiger partial charge in [-0.1, -0.05) is 115 Å². The van der Waals surface area contributed by atoms with Gasteiger partial charge in [-0.3, -0.25) is 0 Å². The van der Waals surface area contributed by atoms with Crippen LogP contribution in [0.1, 0.15) is 0 Å². The lowest BCUT2D eigenvalue weighted by Gasteiger charge is -2.13. The van der Waals surface area contributed by atoms with E-state index >= 15 is 0 Å². The van der Waals surface area contributed by atoms with Gasteiger partial charge in [-0.2, -0.15) is 0 Å². The molecule has 5 heteroatoms. The van der Waals surface area contributed by atoms with E-state index in [4.69, 9.17) is 23.8 Å². The average molecular weight is 642 g/mol. The van der Waals surface area contributed by atoms with Crippen molar-refractivity contribution < 1.29 is 8.83 Å². The third kappa shape index (κ3) is 4.75. The van der Waals surface area contributed by atoms with E-state index in [1.165, 1.54) is 5.56 Å². The van der Waals surface area contributed by atoms with E-state index in [2.05, 4.69) is 97.1 Å². The number of hydrogen-bond acceptors (Lipinski definition) is 5. The second-order valence-electron chi connectivity index (χ2n) is 12.4. The molecule has 7 aromatic carbocycles. The molecule has 0 aliphatic heterocycles. The Labute approximate surface area is 287 Å². The highest BCUT2D eigenvalue weighted by molar-refractivity contribution is 6.07.